The smallest absolute Gasteiger partial charge is 0.307 e. The first-order valence-corrected chi connectivity index (χ1v) is 6.46. The lowest BCUT2D eigenvalue weighted by Gasteiger charge is -2.03. The van der Waals surface area contributed by atoms with E-state index in [0.717, 1.165) is 18.2 Å². The maximum atomic E-state index is 11.2. The molecule has 1 aromatic rings. The van der Waals surface area contributed by atoms with Gasteiger partial charge in [0.05, 0.1) is 16.2 Å². The van der Waals surface area contributed by atoms with Gasteiger partial charge >= 0.3 is 5.97 Å². The lowest BCUT2D eigenvalue weighted by Crippen LogP contribution is -2.06. The van der Waals surface area contributed by atoms with E-state index >= 15 is 0 Å². The quantitative estimate of drug-likeness (QED) is 0.502. The number of non-ortho nitro benzene ring substituents is 1. The van der Waals surface area contributed by atoms with Crippen LogP contribution in [0.4, 0.5) is 5.69 Å². The van der Waals surface area contributed by atoms with Gasteiger partial charge in [0.15, 0.2) is 0 Å². The maximum absolute atomic E-state index is 11.2. The molecule has 0 aromatic heterocycles. The molecule has 1 N–H and O–H groups in total. The Morgan fingerprint density at radius 1 is 1.47 bits per heavy atom. The maximum Gasteiger partial charge on any atom is 0.307 e. The normalized spacial score (nSPS) is 11.1. The van der Waals surface area contributed by atoms with Crippen LogP contribution in [0.3, 0.4) is 0 Å². The van der Waals surface area contributed by atoms with Crippen molar-refractivity contribution in [1.82, 2.24) is 0 Å². The number of carbonyl (C=O) groups is 1. The van der Waals surface area contributed by atoms with Gasteiger partial charge in [-0.1, -0.05) is 6.07 Å². The molecule has 1 rings (SSSR count). The molecular formula is C8H6ClNO6S. The Morgan fingerprint density at radius 2 is 2.06 bits per heavy atom. The number of rotatable bonds is 4. The van der Waals surface area contributed by atoms with Gasteiger partial charge in [-0.25, -0.2) is 8.42 Å². The van der Waals surface area contributed by atoms with Crippen LogP contribution in [0.15, 0.2) is 23.1 Å². The van der Waals surface area contributed by atoms with Crippen molar-refractivity contribution in [3.8, 4) is 0 Å². The molecule has 0 saturated carbocycles. The third kappa shape index (κ3) is 3.40. The van der Waals surface area contributed by atoms with Crippen LogP contribution < -0.4 is 0 Å². The highest BCUT2D eigenvalue weighted by molar-refractivity contribution is 8.13. The van der Waals surface area contributed by atoms with Crippen LogP contribution in [-0.4, -0.2) is 24.4 Å². The third-order valence-electron chi connectivity index (χ3n) is 1.87. The second kappa shape index (κ2) is 4.68. The van der Waals surface area contributed by atoms with E-state index in [-0.39, 0.29) is 5.56 Å². The van der Waals surface area contributed by atoms with Crippen molar-refractivity contribution in [2.24, 2.45) is 0 Å². The monoisotopic (exact) mass is 279 g/mol. The Hall–Kier alpha value is -1.67. The van der Waals surface area contributed by atoms with Gasteiger partial charge in [0.1, 0.15) is 0 Å². The van der Waals surface area contributed by atoms with Gasteiger partial charge in [-0.2, -0.15) is 0 Å². The minimum absolute atomic E-state index is 0.0990. The molecule has 0 aliphatic heterocycles. The van der Waals surface area contributed by atoms with E-state index in [2.05, 4.69) is 0 Å². The van der Waals surface area contributed by atoms with Gasteiger partial charge in [-0.3, -0.25) is 14.9 Å². The van der Waals surface area contributed by atoms with E-state index in [0.29, 0.717) is 0 Å². The van der Waals surface area contributed by atoms with Crippen LogP contribution in [0.25, 0.3) is 0 Å². The lowest BCUT2D eigenvalue weighted by molar-refractivity contribution is -0.385. The fourth-order valence-corrected chi connectivity index (χ4v) is 2.34. The Kier molecular flexibility index (Phi) is 3.69. The van der Waals surface area contributed by atoms with Crippen molar-refractivity contribution < 1.29 is 23.2 Å². The number of nitro groups is 1. The molecule has 0 atom stereocenters. The van der Waals surface area contributed by atoms with Gasteiger partial charge < -0.3 is 5.11 Å². The number of nitrogens with zero attached hydrogens (tertiary/aromatic N) is 1. The van der Waals surface area contributed by atoms with Gasteiger partial charge in [-0.05, 0) is 5.56 Å². The van der Waals surface area contributed by atoms with Gasteiger partial charge in [-0.15, -0.1) is 0 Å². The number of hydrogen-bond acceptors (Lipinski definition) is 5. The molecule has 0 saturated heterocycles. The number of carboxylic acids is 1. The van der Waals surface area contributed by atoms with Crippen LogP contribution in [-0.2, 0) is 20.3 Å². The van der Waals surface area contributed by atoms with Crippen molar-refractivity contribution >= 4 is 31.4 Å². The van der Waals surface area contributed by atoms with Crippen LogP contribution in [0.2, 0.25) is 0 Å². The van der Waals surface area contributed by atoms with Crippen molar-refractivity contribution in [2.45, 2.75) is 11.3 Å². The summed E-state index contributed by atoms with van der Waals surface area (Å²) in [6.45, 7) is 0. The summed E-state index contributed by atoms with van der Waals surface area (Å²) in [6.07, 6.45) is -0.584. The minimum atomic E-state index is -4.23. The topological polar surface area (TPSA) is 115 Å². The zero-order valence-electron chi connectivity index (χ0n) is 8.16. The molecule has 92 valence electrons. The highest BCUT2D eigenvalue weighted by atomic mass is 35.7. The number of nitro benzene ring substituents is 1. The van der Waals surface area contributed by atoms with Crippen LogP contribution in [0, 0.1) is 10.1 Å². The number of aliphatic carboxylic acids is 1. The molecule has 0 unspecified atom stereocenters. The summed E-state index contributed by atoms with van der Waals surface area (Å²) in [5.41, 5.74) is -0.573. The van der Waals surface area contributed by atoms with Gasteiger partial charge in [0.25, 0.3) is 14.7 Å². The SMILES string of the molecule is O=C(O)Cc1ccc([N+](=O)[O-])cc1S(=O)(=O)Cl. The molecule has 0 spiro atoms. The summed E-state index contributed by atoms with van der Waals surface area (Å²) < 4.78 is 22.3. The zero-order valence-corrected chi connectivity index (χ0v) is 9.73. The van der Waals surface area contributed by atoms with Gasteiger partial charge in [0, 0.05) is 22.8 Å². The zero-order chi connectivity index (χ0) is 13.2. The van der Waals surface area contributed by atoms with E-state index < -0.39 is 36.9 Å². The van der Waals surface area contributed by atoms with Crippen molar-refractivity contribution in [3.05, 3.63) is 33.9 Å². The summed E-state index contributed by atoms with van der Waals surface area (Å²) in [5.74, 6) is -1.26. The van der Waals surface area contributed by atoms with E-state index in [1.54, 1.807) is 0 Å². The first-order chi connectivity index (χ1) is 7.71. The summed E-state index contributed by atoms with van der Waals surface area (Å²) in [4.78, 5) is 19.6. The standard InChI is InChI=1S/C8H6ClNO6S/c9-17(15,16)7-4-6(10(13)14)2-1-5(7)3-8(11)12/h1-2,4H,3H2,(H,11,12). The Morgan fingerprint density at radius 3 is 2.47 bits per heavy atom. The summed E-state index contributed by atoms with van der Waals surface area (Å²) >= 11 is 0. The highest BCUT2D eigenvalue weighted by Gasteiger charge is 2.21. The summed E-state index contributed by atoms with van der Waals surface area (Å²) in [7, 11) is 0.850. The van der Waals surface area contributed by atoms with E-state index in [1.807, 2.05) is 0 Å². The fraction of sp³-hybridized carbons (Fsp3) is 0.125. The average Bonchev–Trinajstić information content (AvgIpc) is 2.15. The molecule has 0 fully saturated rings. The fourth-order valence-electron chi connectivity index (χ4n) is 1.19. The molecule has 0 aliphatic carbocycles. The van der Waals surface area contributed by atoms with Crippen LogP contribution >= 0.6 is 10.7 Å². The second-order valence-electron chi connectivity index (χ2n) is 3.06. The molecule has 0 aliphatic rings. The molecule has 1 aromatic carbocycles. The van der Waals surface area contributed by atoms with Gasteiger partial charge in [0.2, 0.25) is 0 Å². The molecule has 0 heterocycles. The van der Waals surface area contributed by atoms with E-state index in [9.17, 15) is 23.3 Å². The van der Waals surface area contributed by atoms with Crippen LogP contribution in [0.1, 0.15) is 5.56 Å². The molecule has 9 heteroatoms. The van der Waals surface area contributed by atoms with Crippen molar-refractivity contribution in [1.29, 1.82) is 0 Å². The Bertz CT molecular complexity index is 582. The largest absolute Gasteiger partial charge is 0.481 e. The molecule has 17 heavy (non-hydrogen) atoms. The highest BCUT2D eigenvalue weighted by Crippen LogP contribution is 2.25. The Labute approximate surface area is 100 Å². The first kappa shape index (κ1) is 13.4. The Balaban J connectivity index is 3.42. The molecule has 0 bridgehead atoms. The number of carboxylic acid groups (broad SMARTS) is 1. The molecule has 0 radical (unpaired) electrons. The number of halogens is 1. The second-order valence-corrected chi connectivity index (χ2v) is 5.59. The van der Waals surface area contributed by atoms with Crippen molar-refractivity contribution in [2.75, 3.05) is 0 Å². The predicted molar refractivity (Wildman–Crippen MR) is 57.5 cm³/mol. The lowest BCUT2D eigenvalue weighted by atomic mass is 10.1. The third-order valence-corrected chi connectivity index (χ3v) is 3.27. The minimum Gasteiger partial charge on any atom is -0.481 e. The first-order valence-electron chi connectivity index (χ1n) is 4.15. The molecule has 0 amide bonds. The van der Waals surface area contributed by atoms with E-state index in [1.165, 1.54) is 0 Å². The number of hydrogen-bond donors (Lipinski definition) is 1. The number of benzene rings is 1. The average molecular weight is 280 g/mol. The molecular weight excluding hydrogens is 274 g/mol. The summed E-state index contributed by atoms with van der Waals surface area (Å²) in [5, 5.41) is 19.0. The van der Waals surface area contributed by atoms with Crippen LogP contribution in [0.5, 0.6) is 0 Å². The molecule has 7 nitrogen and oxygen atoms in total. The summed E-state index contributed by atoms with van der Waals surface area (Å²) in [6, 6.07) is 2.81. The predicted octanol–water partition coefficient (Wildman–Crippen LogP) is 1.15. The van der Waals surface area contributed by atoms with E-state index in [4.69, 9.17) is 15.8 Å². The van der Waals surface area contributed by atoms with Crippen molar-refractivity contribution in [3.63, 3.8) is 0 Å².